The van der Waals surface area contributed by atoms with Crippen LogP contribution in [0.15, 0.2) is 26.0 Å². The second-order valence-electron chi connectivity index (χ2n) is 5.57. The van der Waals surface area contributed by atoms with Crippen molar-refractivity contribution < 1.29 is 8.42 Å². The minimum absolute atomic E-state index is 0.0532. The van der Waals surface area contributed by atoms with E-state index in [9.17, 15) is 8.42 Å². The lowest BCUT2D eigenvalue weighted by molar-refractivity contribution is 0.188. The van der Waals surface area contributed by atoms with Gasteiger partial charge in [0.05, 0.1) is 0 Å². The number of sulfonamides is 1. The lowest BCUT2D eigenvalue weighted by Crippen LogP contribution is -2.48. The lowest BCUT2D eigenvalue weighted by Gasteiger charge is -2.35. The molecule has 21 heavy (non-hydrogen) atoms. The van der Waals surface area contributed by atoms with Gasteiger partial charge in [0.15, 0.2) is 0 Å². The maximum Gasteiger partial charge on any atom is 0.243 e. The van der Waals surface area contributed by atoms with Gasteiger partial charge in [0, 0.05) is 27.2 Å². The highest BCUT2D eigenvalue weighted by Crippen LogP contribution is 2.33. The molecule has 3 N–H and O–H groups in total. The number of halogens is 2. The summed E-state index contributed by atoms with van der Waals surface area (Å²) in [6.45, 7) is 3.84. The molecule has 0 saturated carbocycles. The number of rotatable bonds is 3. The predicted molar refractivity (Wildman–Crippen MR) is 91.6 cm³/mol. The zero-order valence-electron chi connectivity index (χ0n) is 11.9. The molecule has 8 heteroatoms. The molecular formula is C13H19Br2N3O2S. The number of likely N-dealkylation sites (tertiary alicyclic amines) is 1. The third-order valence-corrected chi connectivity index (χ3v) is 7.07. The van der Waals surface area contributed by atoms with Crippen LogP contribution in [0.5, 0.6) is 0 Å². The zero-order valence-corrected chi connectivity index (χ0v) is 15.9. The number of nitrogen functional groups attached to an aromatic ring is 1. The van der Waals surface area contributed by atoms with Crippen LogP contribution >= 0.6 is 31.9 Å². The van der Waals surface area contributed by atoms with E-state index in [4.69, 9.17) is 5.73 Å². The maximum absolute atomic E-state index is 12.7. The summed E-state index contributed by atoms with van der Waals surface area (Å²) in [5.74, 6) is 0.268. The Labute approximate surface area is 142 Å². The molecule has 0 aliphatic carbocycles. The van der Waals surface area contributed by atoms with Gasteiger partial charge < -0.3 is 10.6 Å². The number of benzene rings is 1. The van der Waals surface area contributed by atoms with Crippen molar-refractivity contribution in [3.63, 3.8) is 0 Å². The van der Waals surface area contributed by atoms with Crippen molar-refractivity contribution in [2.75, 3.05) is 25.9 Å². The average molecular weight is 441 g/mol. The first-order valence-corrected chi connectivity index (χ1v) is 9.73. The summed E-state index contributed by atoms with van der Waals surface area (Å²) in [7, 11) is -1.56. The zero-order chi connectivity index (χ0) is 15.8. The lowest BCUT2D eigenvalue weighted by atomic mass is 9.95. The molecule has 1 aromatic rings. The van der Waals surface area contributed by atoms with Crippen LogP contribution in [0.3, 0.4) is 0 Å². The highest BCUT2D eigenvalue weighted by molar-refractivity contribution is 9.11. The van der Waals surface area contributed by atoms with E-state index >= 15 is 0 Å². The van der Waals surface area contributed by atoms with Gasteiger partial charge in [-0.15, -0.1) is 0 Å². The molecule has 1 aromatic carbocycles. The van der Waals surface area contributed by atoms with Gasteiger partial charge in [0.1, 0.15) is 4.90 Å². The Kier molecular flexibility index (Phi) is 5.36. The van der Waals surface area contributed by atoms with Crippen LogP contribution in [0.25, 0.3) is 0 Å². The molecule has 0 radical (unpaired) electrons. The van der Waals surface area contributed by atoms with E-state index in [0.717, 1.165) is 19.5 Å². The van der Waals surface area contributed by atoms with Crippen molar-refractivity contribution in [2.24, 2.45) is 5.92 Å². The predicted octanol–water partition coefficient (Wildman–Crippen LogP) is 2.41. The van der Waals surface area contributed by atoms with Gasteiger partial charge in [-0.2, -0.15) is 0 Å². The Morgan fingerprint density at radius 3 is 2.43 bits per heavy atom. The van der Waals surface area contributed by atoms with Crippen LogP contribution < -0.4 is 10.5 Å². The summed E-state index contributed by atoms with van der Waals surface area (Å²) in [6.07, 6.45) is 0.807. The first-order chi connectivity index (χ1) is 9.70. The van der Waals surface area contributed by atoms with Crippen molar-refractivity contribution in [2.45, 2.75) is 24.3 Å². The number of nitrogens with one attached hydrogen (secondary N) is 1. The van der Waals surface area contributed by atoms with E-state index in [0.29, 0.717) is 14.6 Å². The first-order valence-electron chi connectivity index (χ1n) is 6.66. The molecule has 2 unspecified atom stereocenters. The fraction of sp³-hybridized carbons (Fsp3) is 0.538. The minimum atomic E-state index is -3.61. The molecule has 0 bridgehead atoms. The van der Waals surface area contributed by atoms with Crippen molar-refractivity contribution >= 4 is 47.6 Å². The van der Waals surface area contributed by atoms with E-state index in [2.05, 4.69) is 48.4 Å². The van der Waals surface area contributed by atoms with Crippen molar-refractivity contribution in [1.82, 2.24) is 9.62 Å². The summed E-state index contributed by atoms with van der Waals surface area (Å²) in [5.41, 5.74) is 6.21. The van der Waals surface area contributed by atoms with Gasteiger partial charge in [0.25, 0.3) is 0 Å². The van der Waals surface area contributed by atoms with Crippen molar-refractivity contribution in [3.8, 4) is 0 Å². The van der Waals surface area contributed by atoms with Crippen LogP contribution in [0, 0.1) is 5.92 Å². The number of nitrogens with zero attached hydrogens (tertiary/aromatic N) is 1. The quantitative estimate of drug-likeness (QED) is 0.707. The van der Waals surface area contributed by atoms with Gasteiger partial charge in [-0.1, -0.05) is 6.92 Å². The molecule has 0 aromatic heterocycles. The van der Waals surface area contributed by atoms with Crippen LogP contribution in [0.1, 0.15) is 13.3 Å². The number of nitrogens with two attached hydrogens (primary N) is 1. The Balaban J connectivity index is 2.27. The van der Waals surface area contributed by atoms with Gasteiger partial charge in [-0.3, -0.25) is 0 Å². The van der Waals surface area contributed by atoms with Gasteiger partial charge in [0.2, 0.25) is 10.0 Å². The monoisotopic (exact) mass is 439 g/mol. The first kappa shape index (κ1) is 17.2. The Morgan fingerprint density at radius 2 is 1.90 bits per heavy atom. The SMILES string of the molecule is CC1CN(C)CCC1NS(=O)(=O)c1c(Br)cc(N)cc1Br. The molecule has 1 aliphatic heterocycles. The van der Waals surface area contributed by atoms with E-state index < -0.39 is 10.0 Å². The normalized spacial score (nSPS) is 24.2. The number of hydrogen-bond donors (Lipinski definition) is 2. The highest BCUT2D eigenvalue weighted by Gasteiger charge is 2.30. The number of anilines is 1. The Morgan fingerprint density at radius 1 is 1.33 bits per heavy atom. The van der Waals surface area contributed by atoms with E-state index in [1.807, 2.05) is 7.05 Å². The van der Waals surface area contributed by atoms with Gasteiger partial charge >= 0.3 is 0 Å². The van der Waals surface area contributed by atoms with Crippen molar-refractivity contribution in [3.05, 3.63) is 21.1 Å². The maximum atomic E-state index is 12.7. The molecule has 1 heterocycles. The molecule has 1 aliphatic rings. The molecule has 1 saturated heterocycles. The van der Waals surface area contributed by atoms with Crippen LogP contribution in [-0.2, 0) is 10.0 Å². The molecule has 1 fully saturated rings. The standard InChI is InChI=1S/C13H19Br2N3O2S/c1-8-7-18(2)4-3-12(8)17-21(19,20)13-10(14)5-9(16)6-11(13)15/h5-6,8,12,17H,3-4,7,16H2,1-2H3. The summed E-state index contributed by atoms with van der Waals surface area (Å²) in [4.78, 5) is 2.41. The van der Waals surface area contributed by atoms with E-state index in [1.165, 1.54) is 0 Å². The molecule has 5 nitrogen and oxygen atoms in total. The second kappa shape index (κ2) is 6.54. The van der Waals surface area contributed by atoms with E-state index in [1.54, 1.807) is 12.1 Å². The fourth-order valence-corrected chi connectivity index (χ4v) is 6.62. The van der Waals surface area contributed by atoms with Gasteiger partial charge in [-0.25, -0.2) is 13.1 Å². The smallest absolute Gasteiger partial charge is 0.243 e. The topological polar surface area (TPSA) is 75.4 Å². The van der Waals surface area contributed by atoms with Crippen LogP contribution in [0.4, 0.5) is 5.69 Å². The van der Waals surface area contributed by atoms with E-state index in [-0.39, 0.29) is 16.9 Å². The molecule has 2 rings (SSSR count). The molecule has 118 valence electrons. The second-order valence-corrected chi connectivity index (χ2v) is 8.93. The van der Waals surface area contributed by atoms with Crippen LogP contribution in [-0.4, -0.2) is 39.5 Å². The minimum Gasteiger partial charge on any atom is -0.399 e. The average Bonchev–Trinajstić information content (AvgIpc) is 2.30. The van der Waals surface area contributed by atoms with Gasteiger partial charge in [-0.05, 0) is 69.9 Å². The number of hydrogen-bond acceptors (Lipinski definition) is 4. The molecular weight excluding hydrogens is 422 g/mol. The Hall–Kier alpha value is -0.150. The summed E-state index contributed by atoms with van der Waals surface area (Å²) in [6, 6.07) is 3.14. The molecule has 0 amide bonds. The summed E-state index contributed by atoms with van der Waals surface area (Å²) >= 11 is 6.57. The van der Waals surface area contributed by atoms with Crippen LogP contribution in [0.2, 0.25) is 0 Å². The highest BCUT2D eigenvalue weighted by atomic mass is 79.9. The third-order valence-electron chi connectivity index (χ3n) is 3.70. The molecule has 2 atom stereocenters. The largest absolute Gasteiger partial charge is 0.399 e. The van der Waals surface area contributed by atoms with Crippen molar-refractivity contribution in [1.29, 1.82) is 0 Å². The molecule has 0 spiro atoms. The fourth-order valence-electron chi connectivity index (χ4n) is 2.62. The summed E-state index contributed by atoms with van der Waals surface area (Å²) < 4.78 is 29.1. The number of piperidine rings is 1. The third kappa shape index (κ3) is 3.98. The Bertz CT molecular complexity index is 613. The summed E-state index contributed by atoms with van der Waals surface area (Å²) in [5, 5.41) is 0.